The number of fused-ring (bicyclic) bond motifs is 2. The number of rotatable bonds is 6. The molecule has 3 aromatic heterocycles. The van der Waals surface area contributed by atoms with Gasteiger partial charge in [0, 0.05) is 91.3 Å². The van der Waals surface area contributed by atoms with Crippen LogP contribution in [-0.2, 0) is 28.6 Å². The summed E-state index contributed by atoms with van der Waals surface area (Å²) in [6.07, 6.45) is 4.04. The highest BCUT2D eigenvalue weighted by Crippen LogP contribution is 2.34. The zero-order valence-electron chi connectivity index (χ0n) is 23.5. The summed E-state index contributed by atoms with van der Waals surface area (Å²) in [5.41, 5.74) is 2.78. The van der Waals surface area contributed by atoms with Gasteiger partial charge >= 0.3 is 0 Å². The Kier molecular flexibility index (Phi) is 7.48. The number of piperidine rings is 1. The Balaban J connectivity index is 1.23. The number of hydrogen-bond acceptors (Lipinski definition) is 8. The Morgan fingerprint density at radius 1 is 1.02 bits per heavy atom. The van der Waals surface area contributed by atoms with Crippen molar-refractivity contribution in [3.8, 4) is 11.4 Å². The van der Waals surface area contributed by atoms with Gasteiger partial charge in [0.1, 0.15) is 11.6 Å². The van der Waals surface area contributed by atoms with Crippen LogP contribution in [0.3, 0.4) is 0 Å². The maximum absolute atomic E-state index is 15.4. The van der Waals surface area contributed by atoms with Crippen LogP contribution in [-0.4, -0.2) is 109 Å². The highest BCUT2D eigenvalue weighted by molar-refractivity contribution is 7.85. The van der Waals surface area contributed by atoms with E-state index < -0.39 is 10.8 Å². The molecule has 41 heavy (non-hydrogen) atoms. The molecule has 10 nitrogen and oxygen atoms in total. The number of nitrogens with zero attached hydrogens (tertiary/aromatic N) is 7. The van der Waals surface area contributed by atoms with Crippen molar-refractivity contribution in [3.63, 3.8) is 0 Å². The van der Waals surface area contributed by atoms with Gasteiger partial charge in [-0.25, -0.2) is 19.3 Å². The number of morpholine rings is 1. The van der Waals surface area contributed by atoms with E-state index in [1.54, 1.807) is 6.07 Å². The van der Waals surface area contributed by atoms with Crippen LogP contribution in [0.2, 0.25) is 0 Å². The molecule has 0 unspecified atom stereocenters. The van der Waals surface area contributed by atoms with E-state index in [1.165, 1.54) is 6.07 Å². The Morgan fingerprint density at radius 2 is 1.80 bits per heavy atom. The topological polar surface area (TPSA) is 95.4 Å². The first kappa shape index (κ1) is 26.9. The molecule has 0 spiro atoms. The van der Waals surface area contributed by atoms with Crippen molar-refractivity contribution in [1.29, 1.82) is 0 Å². The maximum atomic E-state index is 15.4. The zero-order valence-corrected chi connectivity index (χ0v) is 24.3. The molecule has 0 bridgehead atoms. The lowest BCUT2D eigenvalue weighted by Gasteiger charge is -2.39. The van der Waals surface area contributed by atoms with E-state index in [0.717, 1.165) is 90.8 Å². The van der Waals surface area contributed by atoms with E-state index in [4.69, 9.17) is 19.7 Å². The van der Waals surface area contributed by atoms with Crippen molar-refractivity contribution in [2.45, 2.75) is 38.9 Å². The van der Waals surface area contributed by atoms with E-state index in [1.807, 2.05) is 12.3 Å². The Hall–Kier alpha value is -2.93. The van der Waals surface area contributed by atoms with E-state index in [0.29, 0.717) is 50.3 Å². The van der Waals surface area contributed by atoms with Gasteiger partial charge in [-0.05, 0) is 38.0 Å². The van der Waals surface area contributed by atoms with Gasteiger partial charge in [-0.2, -0.15) is 0 Å². The molecule has 3 aliphatic heterocycles. The number of anilines is 1. The highest BCUT2D eigenvalue weighted by atomic mass is 32.2. The van der Waals surface area contributed by atoms with Crippen molar-refractivity contribution < 1.29 is 13.3 Å². The predicted molar refractivity (Wildman–Crippen MR) is 159 cm³/mol. The summed E-state index contributed by atoms with van der Waals surface area (Å²) in [5.74, 6) is 3.36. The molecular formula is C29H37FN8O2S. The molecular weight excluding hydrogens is 543 g/mol. The fourth-order valence-corrected chi connectivity index (χ4v) is 7.67. The quantitative estimate of drug-likeness (QED) is 0.372. The third-order valence-corrected chi connectivity index (χ3v) is 10.1. The molecule has 3 fully saturated rings. The van der Waals surface area contributed by atoms with Crippen LogP contribution >= 0.6 is 0 Å². The smallest absolute Gasteiger partial charge is 0.167 e. The third kappa shape index (κ3) is 5.15. The Morgan fingerprint density at radius 3 is 2.56 bits per heavy atom. The first-order valence-electron chi connectivity index (χ1n) is 14.8. The monoisotopic (exact) mass is 580 g/mol. The van der Waals surface area contributed by atoms with Crippen molar-refractivity contribution in [2.75, 3.05) is 68.9 Å². The zero-order chi connectivity index (χ0) is 27.9. The molecule has 218 valence electrons. The average Bonchev–Trinajstić information content (AvgIpc) is 3.62. The number of ether oxygens (including phenoxy) is 1. The number of hydrogen-bond donors (Lipinski definition) is 1. The van der Waals surface area contributed by atoms with Gasteiger partial charge < -0.3 is 19.2 Å². The van der Waals surface area contributed by atoms with Crippen molar-refractivity contribution in [1.82, 2.24) is 34.3 Å². The van der Waals surface area contributed by atoms with Crippen LogP contribution in [0.25, 0.3) is 33.5 Å². The van der Waals surface area contributed by atoms with Crippen LogP contribution in [0.5, 0.6) is 0 Å². The van der Waals surface area contributed by atoms with Gasteiger partial charge in [0.2, 0.25) is 0 Å². The van der Waals surface area contributed by atoms with Gasteiger partial charge in [0.25, 0.3) is 0 Å². The number of aryl methyl sites for hydroxylation is 1. The van der Waals surface area contributed by atoms with Gasteiger partial charge in [0.15, 0.2) is 22.8 Å². The first-order chi connectivity index (χ1) is 20.1. The minimum absolute atomic E-state index is 0.338. The summed E-state index contributed by atoms with van der Waals surface area (Å²) in [6, 6.07) is 5.68. The lowest BCUT2D eigenvalue weighted by atomic mass is 10.0. The molecule has 1 aromatic carbocycles. The van der Waals surface area contributed by atoms with E-state index in [-0.39, 0.29) is 5.82 Å². The number of halogens is 1. The second-order valence-electron chi connectivity index (χ2n) is 11.2. The van der Waals surface area contributed by atoms with Gasteiger partial charge in [0.05, 0.1) is 25.3 Å². The summed E-state index contributed by atoms with van der Waals surface area (Å²) in [7, 11) is -0.642. The normalized spacial score (nSPS) is 20.5. The molecule has 12 heteroatoms. The lowest BCUT2D eigenvalue weighted by Crippen LogP contribution is -2.49. The summed E-state index contributed by atoms with van der Waals surface area (Å²) >= 11 is 0. The molecule has 0 aliphatic carbocycles. The molecule has 7 rings (SSSR count). The summed E-state index contributed by atoms with van der Waals surface area (Å²) in [5, 5.41) is 0.767. The van der Waals surface area contributed by atoms with Gasteiger partial charge in [-0.1, -0.05) is 0 Å². The predicted octanol–water partition coefficient (Wildman–Crippen LogP) is 3.00. The summed E-state index contributed by atoms with van der Waals surface area (Å²) in [4.78, 5) is 25.5. The maximum Gasteiger partial charge on any atom is 0.167 e. The number of benzene rings is 1. The number of likely N-dealkylation sites (tertiary alicyclic amines) is 1. The molecule has 6 heterocycles. The number of H-pyrrole nitrogens is 1. The van der Waals surface area contributed by atoms with Crippen molar-refractivity contribution >= 4 is 38.7 Å². The second-order valence-corrected chi connectivity index (χ2v) is 12.9. The van der Waals surface area contributed by atoms with Crippen molar-refractivity contribution in [2.24, 2.45) is 0 Å². The number of imidazole rings is 1. The fraction of sp³-hybridized carbons (Fsp3) is 0.552. The SMILES string of the molecule is CCn1c(CN2CCC(N3CCS(=O)CC3)CC2)nc2c(N3CCOCC3)nc(-c3c(F)ccc4[nH]ccc34)nc21. The van der Waals surface area contributed by atoms with Crippen molar-refractivity contribution in [3.05, 3.63) is 36.0 Å². The minimum Gasteiger partial charge on any atom is -0.378 e. The van der Waals surface area contributed by atoms with E-state index in [2.05, 4.69) is 31.2 Å². The second kappa shape index (κ2) is 11.4. The van der Waals surface area contributed by atoms with Crippen LogP contribution in [0.4, 0.5) is 10.2 Å². The third-order valence-electron chi connectivity index (χ3n) is 8.84. The van der Waals surface area contributed by atoms with Gasteiger partial charge in [-0.15, -0.1) is 0 Å². The lowest BCUT2D eigenvalue weighted by molar-refractivity contribution is 0.109. The molecule has 0 saturated carbocycles. The molecule has 0 radical (unpaired) electrons. The van der Waals surface area contributed by atoms with Gasteiger partial charge in [-0.3, -0.25) is 14.0 Å². The van der Waals surface area contributed by atoms with Crippen LogP contribution in [0.1, 0.15) is 25.6 Å². The molecule has 0 amide bonds. The Bertz CT molecular complexity index is 1560. The molecule has 3 aliphatic rings. The van der Waals surface area contributed by atoms with Crippen LogP contribution < -0.4 is 4.90 Å². The largest absolute Gasteiger partial charge is 0.378 e. The molecule has 1 N–H and O–H groups in total. The summed E-state index contributed by atoms with van der Waals surface area (Å²) < 4.78 is 35.0. The first-order valence-corrected chi connectivity index (χ1v) is 16.2. The van der Waals surface area contributed by atoms with Crippen LogP contribution in [0.15, 0.2) is 24.4 Å². The Labute approximate surface area is 241 Å². The summed E-state index contributed by atoms with van der Waals surface area (Å²) in [6.45, 7) is 10.1. The average molecular weight is 581 g/mol. The number of aromatic amines is 1. The van der Waals surface area contributed by atoms with E-state index in [9.17, 15) is 4.21 Å². The molecule has 4 aromatic rings. The number of aromatic nitrogens is 5. The minimum atomic E-state index is -0.642. The molecule has 3 saturated heterocycles. The van der Waals surface area contributed by atoms with Crippen LogP contribution in [0, 0.1) is 5.82 Å². The fourth-order valence-electron chi connectivity index (χ4n) is 6.59. The highest BCUT2D eigenvalue weighted by Gasteiger charge is 2.29. The number of nitrogens with one attached hydrogen (secondary N) is 1. The molecule has 0 atom stereocenters. The standard InChI is InChI=1S/C29H37FN8O2S/c1-2-38-24(19-35-9-6-20(7-10-35)36-13-17-41(39)18-14-36)32-26-28(37-11-15-40-16-12-37)33-27(34-29(26)38)25-21-5-8-31-23(21)4-3-22(25)30/h3-5,8,20,31H,2,6-7,9-19H2,1H3. The van der Waals surface area contributed by atoms with E-state index >= 15 is 4.39 Å².